The van der Waals surface area contributed by atoms with Crippen molar-refractivity contribution in [1.29, 1.82) is 0 Å². The third-order valence-corrected chi connectivity index (χ3v) is 4.66. The van der Waals surface area contributed by atoms with Crippen LogP contribution in [0.2, 0.25) is 0 Å². The predicted octanol–water partition coefficient (Wildman–Crippen LogP) is 5.31. The number of allylic oxidation sites excluding steroid dienone is 1. The molecule has 4 heteroatoms. The van der Waals surface area contributed by atoms with Gasteiger partial charge >= 0.3 is 5.97 Å². The van der Waals surface area contributed by atoms with E-state index >= 15 is 0 Å². The van der Waals surface area contributed by atoms with Crippen molar-refractivity contribution in [2.24, 2.45) is 0 Å². The fourth-order valence-corrected chi connectivity index (χ4v) is 3.23. The van der Waals surface area contributed by atoms with Crippen molar-refractivity contribution >= 4 is 17.1 Å². The third-order valence-electron chi connectivity index (χ3n) is 4.66. The topological polar surface area (TPSA) is 55.8 Å². The number of ether oxygens (including phenoxy) is 2. The van der Waals surface area contributed by atoms with Crippen molar-refractivity contribution in [2.45, 2.75) is 13.3 Å². The van der Waals surface area contributed by atoms with E-state index in [1.54, 1.807) is 12.1 Å². The first kappa shape index (κ1) is 20.2. The first-order chi connectivity index (χ1) is 14.1. The van der Waals surface area contributed by atoms with E-state index in [4.69, 9.17) is 4.74 Å². The van der Waals surface area contributed by atoms with E-state index in [1.165, 1.54) is 12.7 Å². The first-order valence-corrected chi connectivity index (χ1v) is 9.50. The highest BCUT2D eigenvalue weighted by Gasteiger charge is 2.13. The summed E-state index contributed by atoms with van der Waals surface area (Å²) in [5.41, 5.74) is 5.51. The Morgan fingerprint density at radius 3 is 1.97 bits per heavy atom. The Kier molecular flexibility index (Phi) is 6.69. The molecule has 4 nitrogen and oxygen atoms in total. The number of methoxy groups -OCH3 is 1. The van der Waals surface area contributed by atoms with Gasteiger partial charge in [-0.15, -0.1) is 0 Å². The van der Waals surface area contributed by atoms with Crippen LogP contribution in [0.3, 0.4) is 0 Å². The second-order valence-corrected chi connectivity index (χ2v) is 6.51. The molecule has 0 heterocycles. The number of esters is 1. The van der Waals surface area contributed by atoms with Crippen LogP contribution in [0.5, 0.6) is 11.5 Å². The molecule has 3 aromatic rings. The zero-order valence-electron chi connectivity index (χ0n) is 16.6. The molecule has 3 aromatic carbocycles. The van der Waals surface area contributed by atoms with Gasteiger partial charge in [0.25, 0.3) is 0 Å². The Bertz CT molecular complexity index is 972. The van der Waals surface area contributed by atoms with E-state index in [-0.39, 0.29) is 12.4 Å². The Morgan fingerprint density at radius 1 is 0.828 bits per heavy atom. The molecule has 0 bridgehead atoms. The molecule has 0 unspecified atom stereocenters. The van der Waals surface area contributed by atoms with Crippen LogP contribution in [0.4, 0.5) is 0 Å². The van der Waals surface area contributed by atoms with Gasteiger partial charge in [0, 0.05) is 0 Å². The van der Waals surface area contributed by atoms with Crippen molar-refractivity contribution in [3.63, 3.8) is 0 Å². The van der Waals surface area contributed by atoms with Gasteiger partial charge in [-0.2, -0.15) is 0 Å². The highest BCUT2D eigenvalue weighted by atomic mass is 16.6. The lowest BCUT2D eigenvalue weighted by atomic mass is 9.88. The van der Waals surface area contributed by atoms with E-state index in [0.717, 1.165) is 28.7 Å². The number of hydrogen-bond acceptors (Lipinski definition) is 4. The smallest absolute Gasteiger partial charge is 0.343 e. The molecule has 29 heavy (non-hydrogen) atoms. The van der Waals surface area contributed by atoms with Gasteiger partial charge < -0.3 is 14.6 Å². The predicted molar refractivity (Wildman–Crippen MR) is 115 cm³/mol. The lowest BCUT2D eigenvalue weighted by Gasteiger charge is -2.17. The maximum absolute atomic E-state index is 11.3. The zero-order chi connectivity index (χ0) is 20.6. The van der Waals surface area contributed by atoms with Crippen molar-refractivity contribution in [2.75, 3.05) is 13.7 Å². The fraction of sp³-hybridized carbons (Fsp3) is 0.160. The lowest BCUT2D eigenvalue weighted by molar-refractivity contribution is -0.142. The molecular weight excluding hydrogens is 364 g/mol. The molecule has 0 saturated heterocycles. The number of benzene rings is 3. The van der Waals surface area contributed by atoms with Crippen LogP contribution in [0, 0.1) is 0 Å². The van der Waals surface area contributed by atoms with Gasteiger partial charge in [-0.25, -0.2) is 4.79 Å². The molecule has 0 radical (unpaired) electrons. The minimum atomic E-state index is -0.420. The van der Waals surface area contributed by atoms with Gasteiger partial charge in [-0.05, 0) is 58.5 Å². The van der Waals surface area contributed by atoms with Crippen LogP contribution in [0.1, 0.15) is 30.0 Å². The van der Waals surface area contributed by atoms with Crippen LogP contribution in [0.15, 0.2) is 78.9 Å². The van der Waals surface area contributed by atoms with E-state index in [1.807, 2.05) is 54.6 Å². The largest absolute Gasteiger partial charge is 0.508 e. The number of carbonyl (C=O) groups excluding carboxylic acids is 1. The Balaban J connectivity index is 2.05. The number of hydrogen-bond donors (Lipinski definition) is 1. The van der Waals surface area contributed by atoms with Gasteiger partial charge in [0.2, 0.25) is 0 Å². The molecule has 0 amide bonds. The summed E-state index contributed by atoms with van der Waals surface area (Å²) in [6, 6.07) is 25.2. The summed E-state index contributed by atoms with van der Waals surface area (Å²) in [5, 5.41) is 9.71. The maximum atomic E-state index is 11.3. The molecule has 0 aliphatic rings. The molecule has 0 spiro atoms. The second-order valence-electron chi connectivity index (χ2n) is 6.51. The number of phenolic OH excluding ortho intramolecular Hbond substituents is 1. The highest BCUT2D eigenvalue weighted by molar-refractivity contribution is 5.98. The molecular formula is C25H24O4. The molecule has 0 fully saturated rings. The summed E-state index contributed by atoms with van der Waals surface area (Å²) in [6.45, 7) is 2.01. The van der Waals surface area contributed by atoms with Crippen molar-refractivity contribution in [3.8, 4) is 11.5 Å². The van der Waals surface area contributed by atoms with E-state index < -0.39 is 5.97 Å². The molecule has 148 valence electrons. The lowest BCUT2D eigenvalue weighted by Crippen LogP contribution is -2.12. The second kappa shape index (κ2) is 9.60. The summed E-state index contributed by atoms with van der Waals surface area (Å²) in [7, 11) is 1.33. The average molecular weight is 388 g/mol. The SMILES string of the molecule is CCC(=C(c1ccc(O)cc1)c1ccc(OCC(=O)OC)cc1)c1ccccc1. The molecule has 1 N–H and O–H groups in total. The van der Waals surface area contributed by atoms with E-state index in [0.29, 0.717) is 5.75 Å². The molecule has 3 rings (SSSR count). The molecule has 0 atom stereocenters. The maximum Gasteiger partial charge on any atom is 0.343 e. The molecule has 0 aliphatic heterocycles. The van der Waals surface area contributed by atoms with Crippen LogP contribution in [-0.4, -0.2) is 24.8 Å². The van der Waals surface area contributed by atoms with Gasteiger partial charge in [0.1, 0.15) is 11.5 Å². The zero-order valence-corrected chi connectivity index (χ0v) is 16.6. The van der Waals surface area contributed by atoms with Crippen LogP contribution in [-0.2, 0) is 9.53 Å². The highest BCUT2D eigenvalue weighted by Crippen LogP contribution is 2.35. The van der Waals surface area contributed by atoms with E-state index in [9.17, 15) is 9.90 Å². The summed E-state index contributed by atoms with van der Waals surface area (Å²) >= 11 is 0. The molecule has 0 aromatic heterocycles. The number of aromatic hydroxyl groups is 1. The fourth-order valence-electron chi connectivity index (χ4n) is 3.23. The van der Waals surface area contributed by atoms with Crippen LogP contribution >= 0.6 is 0 Å². The average Bonchev–Trinajstić information content (AvgIpc) is 2.77. The number of phenols is 1. The van der Waals surface area contributed by atoms with Gasteiger partial charge in [0.15, 0.2) is 6.61 Å². The van der Waals surface area contributed by atoms with Crippen molar-refractivity contribution < 1.29 is 19.4 Å². The molecule has 0 aliphatic carbocycles. The van der Waals surface area contributed by atoms with Crippen molar-refractivity contribution in [1.82, 2.24) is 0 Å². The summed E-state index contributed by atoms with van der Waals surface area (Å²) in [4.78, 5) is 11.3. The quantitative estimate of drug-likeness (QED) is 0.440. The van der Waals surface area contributed by atoms with Gasteiger partial charge in [-0.1, -0.05) is 61.5 Å². The van der Waals surface area contributed by atoms with Crippen LogP contribution in [0.25, 0.3) is 11.1 Å². The minimum Gasteiger partial charge on any atom is -0.508 e. The minimum absolute atomic E-state index is 0.124. The van der Waals surface area contributed by atoms with E-state index in [2.05, 4.69) is 23.8 Å². The first-order valence-electron chi connectivity index (χ1n) is 9.50. The summed E-state index contributed by atoms with van der Waals surface area (Å²) in [5.74, 6) is 0.412. The normalized spacial score (nSPS) is 11.5. The third kappa shape index (κ3) is 5.05. The monoisotopic (exact) mass is 388 g/mol. The van der Waals surface area contributed by atoms with Crippen LogP contribution < -0.4 is 4.74 Å². The summed E-state index contributed by atoms with van der Waals surface area (Å²) < 4.78 is 10.1. The molecule has 0 saturated carbocycles. The standard InChI is InChI=1S/C25H24O4/c1-3-23(18-7-5-4-6-8-18)25(19-9-13-21(26)14-10-19)20-11-15-22(16-12-20)29-17-24(27)28-2/h4-16,26H,3,17H2,1-2H3. The summed E-state index contributed by atoms with van der Waals surface area (Å²) in [6.07, 6.45) is 0.848. The Hall–Kier alpha value is -3.53. The van der Waals surface area contributed by atoms with Gasteiger partial charge in [0.05, 0.1) is 7.11 Å². The Morgan fingerprint density at radius 2 is 1.41 bits per heavy atom. The number of rotatable bonds is 7. The van der Waals surface area contributed by atoms with Gasteiger partial charge in [-0.3, -0.25) is 0 Å². The Labute approximate surface area is 171 Å². The van der Waals surface area contributed by atoms with Crippen molar-refractivity contribution in [3.05, 3.63) is 95.6 Å². The number of carbonyl (C=O) groups is 1.